The fraction of sp³-hybridized carbons (Fsp3) is 0.273. The summed E-state index contributed by atoms with van der Waals surface area (Å²) in [5, 5.41) is 5.37. The summed E-state index contributed by atoms with van der Waals surface area (Å²) < 4.78 is 27.0. The first kappa shape index (κ1) is 23.3. The Labute approximate surface area is 177 Å². The highest BCUT2D eigenvalue weighted by Crippen LogP contribution is 2.23. The second-order valence-electron chi connectivity index (χ2n) is 6.70. The van der Waals surface area contributed by atoms with Crippen LogP contribution in [0.1, 0.15) is 31.9 Å². The maximum absolute atomic E-state index is 12.8. The van der Waals surface area contributed by atoms with Crippen LogP contribution in [0.4, 0.5) is 11.4 Å². The molecule has 0 heterocycles. The number of nitrogens with zero attached hydrogens (tertiary/aromatic N) is 1. The first-order valence-electron chi connectivity index (χ1n) is 9.65. The Morgan fingerprint density at radius 3 is 2.13 bits per heavy atom. The Morgan fingerprint density at radius 1 is 0.967 bits per heavy atom. The van der Waals surface area contributed by atoms with E-state index in [0.29, 0.717) is 30.0 Å². The van der Waals surface area contributed by atoms with E-state index in [1.54, 1.807) is 63.2 Å². The molecule has 30 heavy (non-hydrogen) atoms. The number of rotatable bonds is 8. The Balaban J connectivity index is 2.14. The van der Waals surface area contributed by atoms with Gasteiger partial charge in [-0.3, -0.25) is 9.59 Å². The van der Waals surface area contributed by atoms with E-state index in [-0.39, 0.29) is 16.7 Å². The Hall–Kier alpha value is -2.97. The van der Waals surface area contributed by atoms with E-state index in [9.17, 15) is 18.0 Å². The standard InChI is InChI=1S/C22H27N3O4S/c1-5-25(6-2)30(28,29)21-15-20(11-7-16(21)3)24-22(27)14-10-18-8-12-19(13-9-18)23-17(4)26/h7-15H,5-6H2,1-4H3,(H,23,26)(H,24,27)/b14-10+. The molecule has 2 rings (SSSR count). The molecule has 8 heteroatoms. The van der Waals surface area contributed by atoms with Crippen LogP contribution in [0.5, 0.6) is 0 Å². The molecule has 2 N–H and O–H groups in total. The van der Waals surface area contributed by atoms with Gasteiger partial charge < -0.3 is 10.6 Å². The van der Waals surface area contributed by atoms with Crippen molar-refractivity contribution >= 4 is 39.3 Å². The van der Waals surface area contributed by atoms with Gasteiger partial charge >= 0.3 is 0 Å². The van der Waals surface area contributed by atoms with Gasteiger partial charge in [-0.1, -0.05) is 32.0 Å². The highest BCUT2D eigenvalue weighted by Gasteiger charge is 2.23. The van der Waals surface area contributed by atoms with Crippen molar-refractivity contribution in [1.29, 1.82) is 0 Å². The molecule has 0 aliphatic rings. The fourth-order valence-electron chi connectivity index (χ4n) is 2.90. The van der Waals surface area contributed by atoms with Gasteiger partial charge in [-0.15, -0.1) is 0 Å². The van der Waals surface area contributed by atoms with Crippen LogP contribution in [0.3, 0.4) is 0 Å². The molecule has 0 saturated heterocycles. The summed E-state index contributed by atoms with van der Waals surface area (Å²) in [7, 11) is -3.62. The molecule has 0 atom stereocenters. The molecule has 7 nitrogen and oxygen atoms in total. The maximum atomic E-state index is 12.8. The minimum Gasteiger partial charge on any atom is -0.326 e. The number of hydrogen-bond acceptors (Lipinski definition) is 4. The molecule has 0 aliphatic heterocycles. The third kappa shape index (κ3) is 6.01. The highest BCUT2D eigenvalue weighted by atomic mass is 32.2. The molecule has 0 bridgehead atoms. The topological polar surface area (TPSA) is 95.6 Å². The lowest BCUT2D eigenvalue weighted by Crippen LogP contribution is -2.31. The van der Waals surface area contributed by atoms with Gasteiger partial charge in [0.1, 0.15) is 0 Å². The predicted octanol–water partition coefficient (Wildman–Crippen LogP) is 3.64. The van der Waals surface area contributed by atoms with Crippen LogP contribution < -0.4 is 10.6 Å². The van der Waals surface area contributed by atoms with Gasteiger partial charge in [0.2, 0.25) is 21.8 Å². The SMILES string of the molecule is CCN(CC)S(=O)(=O)c1cc(NC(=O)/C=C/c2ccc(NC(C)=O)cc2)ccc1C. The van der Waals surface area contributed by atoms with Crippen molar-refractivity contribution in [2.24, 2.45) is 0 Å². The number of sulfonamides is 1. The fourth-order valence-corrected chi connectivity index (χ4v) is 4.60. The van der Waals surface area contributed by atoms with Crippen LogP contribution in [0.2, 0.25) is 0 Å². The van der Waals surface area contributed by atoms with E-state index in [1.165, 1.54) is 23.4 Å². The van der Waals surface area contributed by atoms with Gasteiger partial charge in [-0.25, -0.2) is 8.42 Å². The summed E-state index contributed by atoms with van der Waals surface area (Å²) in [5.41, 5.74) is 2.48. The third-order valence-corrected chi connectivity index (χ3v) is 6.63. The summed E-state index contributed by atoms with van der Waals surface area (Å²) in [6.45, 7) is 7.48. The number of carbonyl (C=O) groups excluding carboxylic acids is 2. The van der Waals surface area contributed by atoms with Crippen LogP contribution >= 0.6 is 0 Å². The molecule has 0 aliphatic carbocycles. The van der Waals surface area contributed by atoms with Crippen LogP contribution in [-0.4, -0.2) is 37.6 Å². The average molecular weight is 430 g/mol. The second kappa shape index (κ2) is 10.2. The second-order valence-corrected chi connectivity index (χ2v) is 8.60. The third-order valence-electron chi connectivity index (χ3n) is 4.44. The Bertz CT molecular complexity index is 1040. The number of aryl methyl sites for hydroxylation is 1. The molecule has 2 aromatic carbocycles. The quantitative estimate of drug-likeness (QED) is 0.626. The van der Waals surface area contributed by atoms with E-state index in [4.69, 9.17) is 0 Å². The minimum atomic E-state index is -3.62. The zero-order chi connectivity index (χ0) is 22.3. The van der Waals surface area contributed by atoms with Gasteiger partial charge in [0, 0.05) is 37.5 Å². The van der Waals surface area contributed by atoms with E-state index in [2.05, 4.69) is 10.6 Å². The molecule has 0 fully saturated rings. The molecular formula is C22H27N3O4S. The first-order valence-corrected chi connectivity index (χ1v) is 11.1. The molecule has 160 valence electrons. The molecule has 0 radical (unpaired) electrons. The van der Waals surface area contributed by atoms with Crippen molar-refractivity contribution in [1.82, 2.24) is 4.31 Å². The number of carbonyl (C=O) groups is 2. The lowest BCUT2D eigenvalue weighted by Gasteiger charge is -2.20. The molecular weight excluding hydrogens is 402 g/mol. The summed E-state index contributed by atoms with van der Waals surface area (Å²) in [5.74, 6) is -0.533. The predicted molar refractivity (Wildman–Crippen MR) is 120 cm³/mol. The number of hydrogen-bond donors (Lipinski definition) is 2. The van der Waals surface area contributed by atoms with Crippen molar-refractivity contribution in [3.05, 3.63) is 59.7 Å². The largest absolute Gasteiger partial charge is 0.326 e. The smallest absolute Gasteiger partial charge is 0.248 e. The molecule has 0 unspecified atom stereocenters. The van der Waals surface area contributed by atoms with Crippen LogP contribution in [0, 0.1) is 6.92 Å². The molecule has 2 aromatic rings. The summed E-state index contributed by atoms with van der Waals surface area (Å²) >= 11 is 0. The van der Waals surface area contributed by atoms with Crippen LogP contribution in [0.25, 0.3) is 6.08 Å². The molecule has 2 amide bonds. The number of amides is 2. The van der Waals surface area contributed by atoms with Crippen LogP contribution in [-0.2, 0) is 19.6 Å². The molecule has 0 spiro atoms. The van der Waals surface area contributed by atoms with E-state index in [0.717, 1.165) is 5.56 Å². The highest BCUT2D eigenvalue weighted by molar-refractivity contribution is 7.89. The number of benzene rings is 2. The van der Waals surface area contributed by atoms with E-state index < -0.39 is 10.0 Å². The zero-order valence-electron chi connectivity index (χ0n) is 17.6. The van der Waals surface area contributed by atoms with Gasteiger partial charge in [-0.2, -0.15) is 4.31 Å². The molecule has 0 saturated carbocycles. The lowest BCUT2D eigenvalue weighted by molar-refractivity contribution is -0.114. The van der Waals surface area contributed by atoms with Crippen LogP contribution in [0.15, 0.2) is 53.4 Å². The first-order chi connectivity index (χ1) is 14.2. The summed E-state index contributed by atoms with van der Waals surface area (Å²) in [6, 6.07) is 11.9. The normalized spacial score (nSPS) is 11.6. The number of anilines is 2. The number of nitrogens with one attached hydrogen (secondary N) is 2. The zero-order valence-corrected chi connectivity index (χ0v) is 18.4. The van der Waals surface area contributed by atoms with E-state index in [1.807, 2.05) is 0 Å². The minimum absolute atomic E-state index is 0.154. The van der Waals surface area contributed by atoms with Crippen molar-refractivity contribution in [3.8, 4) is 0 Å². The maximum Gasteiger partial charge on any atom is 0.248 e. The van der Waals surface area contributed by atoms with Crippen molar-refractivity contribution in [2.75, 3.05) is 23.7 Å². The van der Waals surface area contributed by atoms with Gasteiger partial charge in [0.15, 0.2) is 0 Å². The Morgan fingerprint density at radius 2 is 1.57 bits per heavy atom. The van der Waals surface area contributed by atoms with Gasteiger partial charge in [-0.05, 0) is 48.4 Å². The monoisotopic (exact) mass is 429 g/mol. The van der Waals surface area contributed by atoms with Crippen molar-refractivity contribution in [3.63, 3.8) is 0 Å². The van der Waals surface area contributed by atoms with Crippen molar-refractivity contribution < 1.29 is 18.0 Å². The van der Waals surface area contributed by atoms with Crippen molar-refractivity contribution in [2.45, 2.75) is 32.6 Å². The summed E-state index contributed by atoms with van der Waals surface area (Å²) in [4.78, 5) is 23.5. The van der Waals surface area contributed by atoms with Gasteiger partial charge in [0.25, 0.3) is 0 Å². The Kier molecular flexibility index (Phi) is 7.91. The summed E-state index contributed by atoms with van der Waals surface area (Å²) in [6.07, 6.45) is 3.00. The van der Waals surface area contributed by atoms with E-state index >= 15 is 0 Å². The average Bonchev–Trinajstić information content (AvgIpc) is 2.69. The van der Waals surface area contributed by atoms with Gasteiger partial charge in [0.05, 0.1) is 4.90 Å². The molecule has 0 aromatic heterocycles. The lowest BCUT2D eigenvalue weighted by atomic mass is 10.2.